The molecule has 0 aliphatic carbocycles. The molecule has 2 aliphatic rings. The number of carbonyl (C=O) groups is 3. The number of hydrogen-bond donors (Lipinski definition) is 1. The number of aliphatic hydroxyl groups is 1. The summed E-state index contributed by atoms with van der Waals surface area (Å²) in [6.07, 6.45) is 0.670. The Balaban J connectivity index is 1.67. The molecule has 0 bridgehead atoms. The Bertz CT molecular complexity index is 1480. The number of benzene rings is 2. The van der Waals surface area contributed by atoms with Crippen molar-refractivity contribution in [2.75, 3.05) is 11.5 Å². The highest BCUT2D eigenvalue weighted by atomic mass is 35.5. The van der Waals surface area contributed by atoms with E-state index >= 15 is 0 Å². The first kappa shape index (κ1) is 25.0. The molecule has 2 aromatic carbocycles. The number of esters is 1. The standard InChI is InChI=1S/C27H23ClN2O6S/c1-4-35-26(34)24-14(3)29-27(37-24)30-21(15-6-5-7-18(28)12-15)20(23(32)25(30)33)22(31)16-8-9-19-17(11-16)10-13(2)36-19/h5-9,11-13,21,31H,4,10H2,1-3H3/b22-20-. The normalized spacial score (nSPS) is 20.2. The summed E-state index contributed by atoms with van der Waals surface area (Å²) in [5.74, 6) is -1.88. The number of hydrogen-bond acceptors (Lipinski definition) is 8. The zero-order valence-corrected chi connectivity index (χ0v) is 21.9. The van der Waals surface area contributed by atoms with Gasteiger partial charge in [0.1, 0.15) is 22.5 Å². The topological polar surface area (TPSA) is 106 Å². The average molecular weight is 539 g/mol. The van der Waals surface area contributed by atoms with Gasteiger partial charge in [0.15, 0.2) is 5.13 Å². The highest BCUT2D eigenvalue weighted by Gasteiger charge is 2.48. The lowest BCUT2D eigenvalue weighted by Gasteiger charge is -2.23. The number of halogens is 1. The van der Waals surface area contributed by atoms with E-state index in [2.05, 4.69) is 4.98 Å². The molecule has 2 atom stereocenters. The summed E-state index contributed by atoms with van der Waals surface area (Å²) in [5.41, 5.74) is 2.09. The molecule has 1 amide bonds. The summed E-state index contributed by atoms with van der Waals surface area (Å²) in [6, 6.07) is 10.9. The molecule has 0 spiro atoms. The fraction of sp³-hybridized carbons (Fsp3) is 0.259. The highest BCUT2D eigenvalue weighted by Crippen LogP contribution is 2.44. The van der Waals surface area contributed by atoms with Gasteiger partial charge < -0.3 is 14.6 Å². The minimum Gasteiger partial charge on any atom is -0.507 e. The van der Waals surface area contributed by atoms with Crippen LogP contribution in [0.25, 0.3) is 5.76 Å². The lowest BCUT2D eigenvalue weighted by Crippen LogP contribution is -2.29. The zero-order chi connectivity index (χ0) is 26.4. The summed E-state index contributed by atoms with van der Waals surface area (Å²) in [7, 11) is 0. The van der Waals surface area contributed by atoms with Gasteiger partial charge >= 0.3 is 11.9 Å². The van der Waals surface area contributed by atoms with Gasteiger partial charge in [-0.3, -0.25) is 14.5 Å². The number of aryl methyl sites for hydroxylation is 1. The quantitative estimate of drug-likeness (QED) is 0.205. The molecule has 3 heterocycles. The van der Waals surface area contributed by atoms with Crippen LogP contribution in [0.2, 0.25) is 5.02 Å². The molecule has 8 nitrogen and oxygen atoms in total. The molecule has 0 saturated carbocycles. The van der Waals surface area contributed by atoms with E-state index in [0.717, 1.165) is 22.6 Å². The average Bonchev–Trinajstić information content (AvgIpc) is 3.51. The Labute approximate surface area is 222 Å². The fourth-order valence-corrected chi connectivity index (χ4v) is 5.80. The zero-order valence-electron chi connectivity index (χ0n) is 20.3. The predicted octanol–water partition coefficient (Wildman–Crippen LogP) is 5.23. The Morgan fingerprint density at radius 3 is 2.78 bits per heavy atom. The van der Waals surface area contributed by atoms with Crippen molar-refractivity contribution in [3.05, 3.63) is 80.3 Å². The van der Waals surface area contributed by atoms with Crippen LogP contribution < -0.4 is 9.64 Å². The maximum absolute atomic E-state index is 13.4. The fourth-order valence-electron chi connectivity index (χ4n) is 4.62. The van der Waals surface area contributed by atoms with Gasteiger partial charge in [-0.05, 0) is 62.2 Å². The highest BCUT2D eigenvalue weighted by molar-refractivity contribution is 7.17. The maximum atomic E-state index is 13.4. The third-order valence-electron chi connectivity index (χ3n) is 6.23. The van der Waals surface area contributed by atoms with E-state index in [1.54, 1.807) is 56.3 Å². The molecule has 1 fully saturated rings. The van der Waals surface area contributed by atoms with Gasteiger partial charge in [-0.2, -0.15) is 0 Å². The Morgan fingerprint density at radius 2 is 2.05 bits per heavy atom. The van der Waals surface area contributed by atoms with Gasteiger partial charge in [0.05, 0.1) is 23.9 Å². The van der Waals surface area contributed by atoms with Crippen LogP contribution in [0.1, 0.15) is 51.9 Å². The number of Topliss-reactive ketones (excluding diaryl/α,β-unsaturated/α-hetero) is 1. The third-order valence-corrected chi connectivity index (χ3v) is 7.60. The van der Waals surface area contributed by atoms with Crippen molar-refractivity contribution in [3.63, 3.8) is 0 Å². The number of carbonyl (C=O) groups excluding carboxylic acids is 3. The van der Waals surface area contributed by atoms with Crippen LogP contribution in [0.3, 0.4) is 0 Å². The molecular weight excluding hydrogens is 516 g/mol. The lowest BCUT2D eigenvalue weighted by molar-refractivity contribution is -0.132. The van der Waals surface area contributed by atoms with Gasteiger partial charge in [0, 0.05) is 17.0 Å². The van der Waals surface area contributed by atoms with E-state index in [9.17, 15) is 19.5 Å². The molecule has 2 unspecified atom stereocenters. The van der Waals surface area contributed by atoms with Gasteiger partial charge in [0.25, 0.3) is 5.78 Å². The number of aliphatic hydroxyl groups excluding tert-OH is 1. The summed E-state index contributed by atoms with van der Waals surface area (Å²) in [6.45, 7) is 5.46. The van der Waals surface area contributed by atoms with Crippen molar-refractivity contribution in [3.8, 4) is 5.75 Å². The van der Waals surface area contributed by atoms with Gasteiger partial charge in [-0.1, -0.05) is 35.1 Å². The van der Waals surface area contributed by atoms with Crippen molar-refractivity contribution < 1.29 is 29.0 Å². The Kier molecular flexibility index (Phi) is 6.51. The van der Waals surface area contributed by atoms with Crippen LogP contribution in [0.5, 0.6) is 5.75 Å². The summed E-state index contributed by atoms with van der Waals surface area (Å²) < 4.78 is 10.9. The first-order valence-electron chi connectivity index (χ1n) is 11.7. The first-order valence-corrected chi connectivity index (χ1v) is 12.9. The van der Waals surface area contributed by atoms with Crippen LogP contribution in [0.4, 0.5) is 5.13 Å². The van der Waals surface area contributed by atoms with Crippen LogP contribution in [0.15, 0.2) is 48.0 Å². The molecule has 0 radical (unpaired) electrons. The van der Waals surface area contributed by atoms with E-state index in [4.69, 9.17) is 21.1 Å². The number of thiazole rings is 1. The third kappa shape index (κ3) is 4.38. The van der Waals surface area contributed by atoms with Gasteiger partial charge in [-0.15, -0.1) is 0 Å². The summed E-state index contributed by atoms with van der Waals surface area (Å²) in [4.78, 5) is 45.1. The minimum absolute atomic E-state index is 0.00572. The number of anilines is 1. The van der Waals surface area contributed by atoms with Crippen LogP contribution in [0, 0.1) is 6.92 Å². The van der Waals surface area contributed by atoms with Gasteiger partial charge in [0.2, 0.25) is 0 Å². The maximum Gasteiger partial charge on any atom is 0.350 e. The van der Waals surface area contributed by atoms with E-state index in [1.807, 2.05) is 6.92 Å². The van der Waals surface area contributed by atoms with E-state index < -0.39 is 23.7 Å². The molecule has 1 aromatic heterocycles. The van der Waals surface area contributed by atoms with Crippen molar-refractivity contribution >= 4 is 51.5 Å². The molecular formula is C27H23ClN2O6S. The molecule has 5 rings (SSSR count). The number of aromatic nitrogens is 1. The van der Waals surface area contributed by atoms with Crippen LogP contribution >= 0.6 is 22.9 Å². The largest absolute Gasteiger partial charge is 0.507 e. The minimum atomic E-state index is -1.01. The lowest BCUT2D eigenvalue weighted by atomic mass is 9.94. The smallest absolute Gasteiger partial charge is 0.350 e. The second kappa shape index (κ2) is 9.64. The number of ether oxygens (including phenoxy) is 2. The molecule has 1 saturated heterocycles. The second-order valence-electron chi connectivity index (χ2n) is 8.81. The number of nitrogens with zero attached hydrogens (tertiary/aromatic N) is 2. The first-order chi connectivity index (χ1) is 17.7. The molecule has 2 aliphatic heterocycles. The Hall–Kier alpha value is -3.69. The van der Waals surface area contributed by atoms with Crippen molar-refractivity contribution in [2.24, 2.45) is 0 Å². The number of amides is 1. The van der Waals surface area contributed by atoms with Crippen LogP contribution in [-0.4, -0.2) is 40.5 Å². The summed E-state index contributed by atoms with van der Waals surface area (Å²) >= 11 is 7.22. The molecule has 3 aromatic rings. The molecule has 37 heavy (non-hydrogen) atoms. The monoisotopic (exact) mass is 538 g/mol. The SMILES string of the molecule is CCOC(=O)c1sc(N2C(=O)C(=O)/C(=C(\O)c3ccc4c(c3)CC(C)O4)C2c2cccc(Cl)c2)nc1C. The number of fused-ring (bicyclic) bond motifs is 1. The van der Waals surface area contributed by atoms with Crippen LogP contribution in [-0.2, 0) is 20.7 Å². The molecule has 190 valence electrons. The molecule has 10 heteroatoms. The van der Waals surface area contributed by atoms with E-state index in [0.29, 0.717) is 28.3 Å². The Morgan fingerprint density at radius 1 is 1.27 bits per heavy atom. The molecule has 1 N–H and O–H groups in total. The number of rotatable bonds is 5. The van der Waals surface area contributed by atoms with E-state index in [-0.39, 0.29) is 34.1 Å². The van der Waals surface area contributed by atoms with Crippen molar-refractivity contribution in [1.82, 2.24) is 4.98 Å². The number of ketones is 1. The second-order valence-corrected chi connectivity index (χ2v) is 10.2. The van der Waals surface area contributed by atoms with E-state index in [1.165, 1.54) is 4.90 Å². The van der Waals surface area contributed by atoms with Crippen molar-refractivity contribution in [1.29, 1.82) is 0 Å². The van der Waals surface area contributed by atoms with Crippen molar-refractivity contribution in [2.45, 2.75) is 39.3 Å². The summed E-state index contributed by atoms with van der Waals surface area (Å²) in [5, 5.41) is 11.9. The van der Waals surface area contributed by atoms with Gasteiger partial charge in [-0.25, -0.2) is 9.78 Å². The predicted molar refractivity (Wildman–Crippen MR) is 139 cm³/mol.